The Kier molecular flexibility index (Phi) is 6.48. The van der Waals surface area contributed by atoms with Gasteiger partial charge in [0.25, 0.3) is 0 Å². The van der Waals surface area contributed by atoms with E-state index in [9.17, 15) is 9.59 Å². The molecule has 0 fully saturated rings. The second-order valence-corrected chi connectivity index (χ2v) is 4.00. The van der Waals surface area contributed by atoms with E-state index >= 15 is 0 Å². The third-order valence-electron chi connectivity index (χ3n) is 2.40. The fourth-order valence-corrected chi connectivity index (χ4v) is 1.49. The fourth-order valence-electron chi connectivity index (χ4n) is 1.49. The molecule has 1 aromatic carbocycles. The maximum Gasteiger partial charge on any atom is 0.319 e. The molecule has 110 valence electrons. The van der Waals surface area contributed by atoms with Gasteiger partial charge >= 0.3 is 6.03 Å². The lowest BCUT2D eigenvalue weighted by atomic mass is 10.3. The molecule has 0 saturated carbocycles. The van der Waals surface area contributed by atoms with Crippen molar-refractivity contribution in [2.75, 3.05) is 31.4 Å². The van der Waals surface area contributed by atoms with Crippen LogP contribution in [0.5, 0.6) is 0 Å². The Morgan fingerprint density at radius 2 is 1.75 bits per heavy atom. The molecule has 0 aliphatic carbocycles. The van der Waals surface area contributed by atoms with Crippen LogP contribution in [0, 0.1) is 0 Å². The fraction of sp³-hybridized carbons (Fsp3) is 0.385. The second kappa shape index (κ2) is 8.13. The number of carbonyl (C=O) groups is 2. The number of amides is 3. The number of ether oxygens (including phenoxy) is 2. The summed E-state index contributed by atoms with van der Waals surface area (Å²) in [6.07, 6.45) is -0.494. The van der Waals surface area contributed by atoms with Gasteiger partial charge in [0.15, 0.2) is 6.29 Å². The highest BCUT2D eigenvalue weighted by Crippen LogP contribution is 2.14. The highest BCUT2D eigenvalue weighted by molar-refractivity contribution is 5.92. The van der Waals surface area contributed by atoms with E-state index < -0.39 is 6.29 Å². The van der Waals surface area contributed by atoms with Crippen LogP contribution < -0.4 is 16.0 Å². The van der Waals surface area contributed by atoms with Gasteiger partial charge in [-0.15, -0.1) is 0 Å². The highest BCUT2D eigenvalue weighted by Gasteiger charge is 2.08. The Hall–Kier alpha value is -2.12. The molecular formula is C13H19N3O4. The van der Waals surface area contributed by atoms with E-state index in [0.29, 0.717) is 11.4 Å². The highest BCUT2D eigenvalue weighted by atomic mass is 16.7. The SMILES string of the molecule is COC(CNC(=O)Nc1cccc(NC(C)=O)c1)OC. The minimum atomic E-state index is -0.494. The Morgan fingerprint density at radius 3 is 2.30 bits per heavy atom. The Bertz CT molecular complexity index is 461. The van der Waals surface area contributed by atoms with Crippen LogP contribution in [0.2, 0.25) is 0 Å². The zero-order valence-electron chi connectivity index (χ0n) is 11.7. The van der Waals surface area contributed by atoms with Crippen molar-refractivity contribution in [3.8, 4) is 0 Å². The molecule has 0 aliphatic heterocycles. The van der Waals surface area contributed by atoms with E-state index in [4.69, 9.17) is 9.47 Å². The molecular weight excluding hydrogens is 262 g/mol. The number of rotatable bonds is 6. The maximum atomic E-state index is 11.7. The van der Waals surface area contributed by atoms with Crippen LogP contribution in [0.4, 0.5) is 16.2 Å². The van der Waals surface area contributed by atoms with Crippen molar-refractivity contribution in [3.63, 3.8) is 0 Å². The van der Waals surface area contributed by atoms with E-state index in [0.717, 1.165) is 0 Å². The maximum absolute atomic E-state index is 11.7. The summed E-state index contributed by atoms with van der Waals surface area (Å²) < 4.78 is 9.90. The molecule has 0 bridgehead atoms. The topological polar surface area (TPSA) is 88.7 Å². The summed E-state index contributed by atoms with van der Waals surface area (Å²) in [4.78, 5) is 22.6. The first kappa shape index (κ1) is 15.9. The molecule has 0 atom stereocenters. The predicted octanol–water partition coefficient (Wildman–Crippen LogP) is 1.39. The summed E-state index contributed by atoms with van der Waals surface area (Å²) >= 11 is 0. The van der Waals surface area contributed by atoms with Crippen LogP contribution in [-0.4, -0.2) is 39.0 Å². The van der Waals surface area contributed by atoms with E-state index in [1.165, 1.54) is 21.1 Å². The first-order valence-electron chi connectivity index (χ1n) is 6.03. The molecule has 0 aliphatic rings. The molecule has 7 nitrogen and oxygen atoms in total. The van der Waals surface area contributed by atoms with Gasteiger partial charge in [-0.05, 0) is 18.2 Å². The number of hydrogen-bond acceptors (Lipinski definition) is 4. The first-order valence-corrected chi connectivity index (χ1v) is 6.03. The number of hydrogen-bond donors (Lipinski definition) is 3. The molecule has 20 heavy (non-hydrogen) atoms. The molecule has 0 unspecified atom stereocenters. The molecule has 3 N–H and O–H groups in total. The lowest BCUT2D eigenvalue weighted by molar-refractivity contribution is -0.114. The van der Waals surface area contributed by atoms with Crippen LogP contribution >= 0.6 is 0 Å². The number of benzene rings is 1. The number of anilines is 2. The number of methoxy groups -OCH3 is 2. The minimum Gasteiger partial charge on any atom is -0.354 e. The van der Waals surface area contributed by atoms with Crippen LogP contribution in [0.1, 0.15) is 6.92 Å². The summed E-state index contributed by atoms with van der Waals surface area (Å²) in [5, 5.41) is 7.89. The first-order chi connectivity index (χ1) is 9.55. The average Bonchev–Trinajstić information content (AvgIpc) is 2.39. The third kappa shape index (κ3) is 5.68. The van der Waals surface area contributed by atoms with Gasteiger partial charge in [-0.1, -0.05) is 6.07 Å². The third-order valence-corrected chi connectivity index (χ3v) is 2.40. The molecule has 7 heteroatoms. The van der Waals surface area contributed by atoms with E-state index in [-0.39, 0.29) is 18.5 Å². The van der Waals surface area contributed by atoms with Crippen LogP contribution in [0.3, 0.4) is 0 Å². The molecule has 3 amide bonds. The van der Waals surface area contributed by atoms with Gasteiger partial charge < -0.3 is 25.4 Å². The summed E-state index contributed by atoms with van der Waals surface area (Å²) in [7, 11) is 2.98. The van der Waals surface area contributed by atoms with Crippen molar-refractivity contribution < 1.29 is 19.1 Å². The standard InChI is InChI=1S/C13H19N3O4/c1-9(17)15-10-5-4-6-11(7-10)16-13(18)14-8-12(19-2)20-3/h4-7,12H,8H2,1-3H3,(H,15,17)(H2,14,16,18). The van der Waals surface area contributed by atoms with Crippen molar-refractivity contribution in [2.24, 2.45) is 0 Å². The molecule has 1 rings (SSSR count). The molecule has 0 saturated heterocycles. The summed E-state index contributed by atoms with van der Waals surface area (Å²) in [5.74, 6) is -0.172. The molecule has 0 aromatic heterocycles. The quantitative estimate of drug-likeness (QED) is 0.687. The number of carbonyl (C=O) groups excluding carboxylic acids is 2. The van der Waals surface area contributed by atoms with Crippen LogP contribution in [0.25, 0.3) is 0 Å². The normalized spacial score (nSPS) is 10.2. The predicted molar refractivity (Wildman–Crippen MR) is 75.6 cm³/mol. The van der Waals surface area contributed by atoms with Crippen molar-refractivity contribution >= 4 is 23.3 Å². The van der Waals surface area contributed by atoms with E-state index in [2.05, 4.69) is 16.0 Å². The van der Waals surface area contributed by atoms with Crippen molar-refractivity contribution in [1.82, 2.24) is 5.32 Å². The second-order valence-electron chi connectivity index (χ2n) is 4.00. The van der Waals surface area contributed by atoms with Gasteiger partial charge in [0.05, 0.1) is 6.54 Å². The van der Waals surface area contributed by atoms with Crippen molar-refractivity contribution in [2.45, 2.75) is 13.2 Å². The van der Waals surface area contributed by atoms with Crippen molar-refractivity contribution in [1.29, 1.82) is 0 Å². The summed E-state index contributed by atoms with van der Waals surface area (Å²) in [5.41, 5.74) is 1.18. The van der Waals surface area contributed by atoms with Gasteiger partial charge in [0, 0.05) is 32.5 Å². The molecule has 0 heterocycles. The van der Waals surface area contributed by atoms with E-state index in [1.807, 2.05) is 0 Å². The summed E-state index contributed by atoms with van der Waals surface area (Å²) in [6, 6.07) is 6.45. The largest absolute Gasteiger partial charge is 0.354 e. The Labute approximate surface area is 117 Å². The van der Waals surface area contributed by atoms with Gasteiger partial charge in [-0.2, -0.15) is 0 Å². The van der Waals surface area contributed by atoms with Crippen molar-refractivity contribution in [3.05, 3.63) is 24.3 Å². The van der Waals surface area contributed by atoms with Gasteiger partial charge in [-0.25, -0.2) is 4.79 Å². The lowest BCUT2D eigenvalue weighted by Gasteiger charge is -2.14. The average molecular weight is 281 g/mol. The van der Waals surface area contributed by atoms with Crippen LogP contribution in [-0.2, 0) is 14.3 Å². The monoisotopic (exact) mass is 281 g/mol. The number of nitrogens with one attached hydrogen (secondary N) is 3. The zero-order valence-corrected chi connectivity index (χ0v) is 11.7. The Balaban J connectivity index is 2.51. The van der Waals surface area contributed by atoms with Gasteiger partial charge in [0.2, 0.25) is 5.91 Å². The summed E-state index contributed by atoms with van der Waals surface area (Å²) in [6.45, 7) is 1.65. The van der Waals surface area contributed by atoms with Crippen LogP contribution in [0.15, 0.2) is 24.3 Å². The molecule has 0 radical (unpaired) electrons. The minimum absolute atomic E-state index is 0.172. The van der Waals surface area contributed by atoms with Gasteiger partial charge in [0.1, 0.15) is 0 Å². The van der Waals surface area contributed by atoms with Gasteiger partial charge in [-0.3, -0.25) is 4.79 Å². The smallest absolute Gasteiger partial charge is 0.319 e. The zero-order chi connectivity index (χ0) is 15.0. The lowest BCUT2D eigenvalue weighted by Crippen LogP contribution is -2.36. The number of urea groups is 1. The molecule has 1 aromatic rings. The molecule has 0 spiro atoms. The Morgan fingerprint density at radius 1 is 1.15 bits per heavy atom. The van der Waals surface area contributed by atoms with E-state index in [1.54, 1.807) is 24.3 Å².